The fourth-order valence-corrected chi connectivity index (χ4v) is 3.91. The minimum atomic E-state index is -1.48. The number of methoxy groups -OCH3 is 1. The Morgan fingerprint density at radius 3 is 2.14 bits per heavy atom. The van der Waals surface area contributed by atoms with Crippen molar-refractivity contribution >= 4 is 17.5 Å². The van der Waals surface area contributed by atoms with Crippen molar-refractivity contribution in [1.29, 1.82) is 0 Å². The second kappa shape index (κ2) is 6.49. The molecule has 5 nitrogen and oxygen atoms in total. The van der Waals surface area contributed by atoms with Gasteiger partial charge in [-0.05, 0) is 39.5 Å². The molecule has 0 heterocycles. The number of ketones is 2. The number of rotatable bonds is 6. The van der Waals surface area contributed by atoms with E-state index >= 15 is 0 Å². The molecule has 1 aliphatic carbocycles. The quantitative estimate of drug-likeness (QED) is 0.602. The Bertz CT molecular complexity index is 472. The first-order chi connectivity index (χ1) is 10.1. The summed E-state index contributed by atoms with van der Waals surface area (Å²) in [4.78, 5) is 37.7. The number of hydrogen-bond donors (Lipinski definition) is 1. The Morgan fingerprint density at radius 2 is 1.68 bits per heavy atom. The van der Waals surface area contributed by atoms with Crippen LogP contribution in [0.15, 0.2) is 0 Å². The lowest BCUT2D eigenvalue weighted by atomic mass is 9.55. The molecule has 5 heteroatoms. The van der Waals surface area contributed by atoms with Gasteiger partial charge in [-0.3, -0.25) is 14.4 Å². The van der Waals surface area contributed by atoms with Gasteiger partial charge in [0.15, 0.2) is 5.78 Å². The van der Waals surface area contributed by atoms with Gasteiger partial charge in [-0.2, -0.15) is 0 Å². The molecule has 0 bridgehead atoms. The molecule has 1 saturated carbocycles. The lowest BCUT2D eigenvalue weighted by molar-refractivity contribution is -0.178. The molecular weight excluding hydrogens is 284 g/mol. The molecule has 0 aromatic heterocycles. The van der Waals surface area contributed by atoms with E-state index in [0.717, 1.165) is 0 Å². The summed E-state index contributed by atoms with van der Waals surface area (Å²) in [6.07, 6.45) is 2.14. The predicted molar refractivity (Wildman–Crippen MR) is 82.2 cm³/mol. The SMILES string of the molecule is CCCC(=O)[C@@]1(C)C[C@@](O)(CCC)C[C@@](C)(C(=O)OC)C1=O. The van der Waals surface area contributed by atoms with Crippen molar-refractivity contribution < 1.29 is 24.2 Å². The van der Waals surface area contributed by atoms with E-state index in [9.17, 15) is 19.5 Å². The fraction of sp³-hybridized carbons (Fsp3) is 0.824. The number of carbonyl (C=O) groups is 3. The first-order valence-electron chi connectivity index (χ1n) is 7.98. The molecule has 1 N–H and O–H groups in total. The molecule has 0 aromatic rings. The molecule has 0 unspecified atom stereocenters. The molecule has 0 spiro atoms. The van der Waals surface area contributed by atoms with E-state index in [1.807, 2.05) is 13.8 Å². The molecule has 0 aromatic carbocycles. The standard InChI is InChI=1S/C17H28O5/c1-6-8-12(18)15(3)10-17(21,9-7-2)11-16(4,13(15)19)14(20)22-5/h21H,6-11H2,1-5H3/t15-,16-,17+/m1/s1. The number of Topliss-reactive ketones (excluding diaryl/α,β-unsaturated/α-hetero) is 2. The van der Waals surface area contributed by atoms with Gasteiger partial charge in [-0.1, -0.05) is 20.3 Å². The Morgan fingerprint density at radius 1 is 1.14 bits per heavy atom. The Balaban J connectivity index is 3.36. The maximum Gasteiger partial charge on any atom is 0.319 e. The van der Waals surface area contributed by atoms with Crippen molar-refractivity contribution in [3.8, 4) is 0 Å². The van der Waals surface area contributed by atoms with Gasteiger partial charge < -0.3 is 9.84 Å². The third kappa shape index (κ3) is 3.09. The van der Waals surface area contributed by atoms with Crippen LogP contribution in [0.1, 0.15) is 66.2 Å². The van der Waals surface area contributed by atoms with Crippen LogP contribution in [0.2, 0.25) is 0 Å². The second-order valence-electron chi connectivity index (χ2n) is 6.99. The van der Waals surface area contributed by atoms with Crippen LogP contribution in [0.5, 0.6) is 0 Å². The third-order valence-electron chi connectivity index (χ3n) is 4.81. The Labute approximate surface area is 132 Å². The molecule has 126 valence electrons. The Hall–Kier alpha value is -1.23. The largest absolute Gasteiger partial charge is 0.468 e. The molecule has 0 amide bonds. The van der Waals surface area contributed by atoms with Crippen LogP contribution in [-0.4, -0.2) is 35.4 Å². The van der Waals surface area contributed by atoms with Crippen LogP contribution in [0.3, 0.4) is 0 Å². The van der Waals surface area contributed by atoms with Crippen molar-refractivity contribution in [3.63, 3.8) is 0 Å². The molecule has 0 saturated heterocycles. The second-order valence-corrected chi connectivity index (χ2v) is 6.99. The first-order valence-corrected chi connectivity index (χ1v) is 7.98. The average molecular weight is 312 g/mol. The number of aliphatic hydroxyl groups is 1. The minimum Gasteiger partial charge on any atom is -0.468 e. The molecule has 3 atom stereocenters. The highest BCUT2D eigenvalue weighted by atomic mass is 16.5. The summed E-state index contributed by atoms with van der Waals surface area (Å²) in [7, 11) is 1.22. The highest BCUT2D eigenvalue weighted by Crippen LogP contribution is 2.50. The van der Waals surface area contributed by atoms with Gasteiger partial charge in [-0.25, -0.2) is 0 Å². The van der Waals surface area contributed by atoms with Crippen LogP contribution in [0, 0.1) is 10.8 Å². The predicted octanol–water partition coefficient (Wildman–Crippen LogP) is 2.44. The summed E-state index contributed by atoms with van der Waals surface area (Å²) in [6.45, 7) is 6.84. The zero-order chi connectivity index (χ0) is 17.2. The Kier molecular flexibility index (Phi) is 5.55. The van der Waals surface area contributed by atoms with Crippen LogP contribution in [0.4, 0.5) is 0 Å². The van der Waals surface area contributed by atoms with E-state index in [0.29, 0.717) is 19.3 Å². The van der Waals surface area contributed by atoms with Gasteiger partial charge in [0.25, 0.3) is 0 Å². The molecule has 1 aliphatic rings. The van der Waals surface area contributed by atoms with E-state index in [4.69, 9.17) is 4.74 Å². The number of esters is 1. The third-order valence-corrected chi connectivity index (χ3v) is 4.81. The van der Waals surface area contributed by atoms with Crippen molar-refractivity contribution in [2.75, 3.05) is 7.11 Å². The van der Waals surface area contributed by atoms with Crippen LogP contribution in [0.25, 0.3) is 0 Å². The molecule has 0 aliphatic heterocycles. The zero-order valence-electron chi connectivity index (χ0n) is 14.3. The van der Waals surface area contributed by atoms with Crippen LogP contribution >= 0.6 is 0 Å². The summed E-state index contributed by atoms with van der Waals surface area (Å²) >= 11 is 0. The average Bonchev–Trinajstić information content (AvgIpc) is 2.44. The summed E-state index contributed by atoms with van der Waals surface area (Å²) < 4.78 is 4.79. The number of hydrogen-bond acceptors (Lipinski definition) is 5. The van der Waals surface area contributed by atoms with Crippen LogP contribution < -0.4 is 0 Å². The zero-order valence-corrected chi connectivity index (χ0v) is 14.3. The van der Waals surface area contributed by atoms with Gasteiger partial charge in [0.2, 0.25) is 0 Å². The smallest absolute Gasteiger partial charge is 0.319 e. The molecule has 22 heavy (non-hydrogen) atoms. The lowest BCUT2D eigenvalue weighted by Gasteiger charge is -2.48. The first kappa shape index (κ1) is 18.8. The van der Waals surface area contributed by atoms with Crippen molar-refractivity contribution in [1.82, 2.24) is 0 Å². The lowest BCUT2D eigenvalue weighted by Crippen LogP contribution is -2.60. The van der Waals surface area contributed by atoms with Gasteiger partial charge in [0.05, 0.1) is 18.1 Å². The highest BCUT2D eigenvalue weighted by molar-refractivity contribution is 6.16. The fourth-order valence-electron chi connectivity index (χ4n) is 3.91. The van der Waals surface area contributed by atoms with Crippen molar-refractivity contribution in [2.45, 2.75) is 71.8 Å². The van der Waals surface area contributed by atoms with Crippen LogP contribution in [-0.2, 0) is 19.1 Å². The normalized spacial score (nSPS) is 35.3. The monoisotopic (exact) mass is 312 g/mol. The topological polar surface area (TPSA) is 80.7 Å². The van der Waals surface area contributed by atoms with Gasteiger partial charge in [-0.15, -0.1) is 0 Å². The van der Waals surface area contributed by atoms with E-state index in [1.54, 1.807) is 6.92 Å². The van der Waals surface area contributed by atoms with Crippen molar-refractivity contribution in [3.05, 3.63) is 0 Å². The van der Waals surface area contributed by atoms with E-state index in [-0.39, 0.29) is 25.0 Å². The molecular formula is C17H28O5. The maximum absolute atomic E-state index is 12.9. The summed E-state index contributed by atoms with van der Waals surface area (Å²) in [5.74, 6) is -1.31. The molecule has 1 rings (SSSR count). The van der Waals surface area contributed by atoms with Gasteiger partial charge >= 0.3 is 5.97 Å². The number of ether oxygens (including phenoxy) is 1. The minimum absolute atomic E-state index is 0.00828. The highest BCUT2D eigenvalue weighted by Gasteiger charge is 2.62. The van der Waals surface area contributed by atoms with Crippen molar-refractivity contribution in [2.24, 2.45) is 10.8 Å². The van der Waals surface area contributed by atoms with E-state index < -0.39 is 28.2 Å². The van der Waals surface area contributed by atoms with E-state index in [2.05, 4.69) is 0 Å². The molecule has 0 radical (unpaired) electrons. The maximum atomic E-state index is 12.9. The molecule has 1 fully saturated rings. The summed E-state index contributed by atoms with van der Waals surface area (Å²) in [5.41, 5.74) is -4.01. The summed E-state index contributed by atoms with van der Waals surface area (Å²) in [5, 5.41) is 10.9. The van der Waals surface area contributed by atoms with Gasteiger partial charge in [0, 0.05) is 6.42 Å². The summed E-state index contributed by atoms with van der Waals surface area (Å²) in [6, 6.07) is 0. The van der Waals surface area contributed by atoms with E-state index in [1.165, 1.54) is 14.0 Å². The van der Waals surface area contributed by atoms with Gasteiger partial charge in [0.1, 0.15) is 11.2 Å². The number of carbonyl (C=O) groups excluding carboxylic acids is 3.